The summed E-state index contributed by atoms with van der Waals surface area (Å²) in [6.07, 6.45) is 4.39. The molecular weight excluding hydrogens is 152 g/mol. The smallest absolute Gasteiger partial charge is 0.306 e. The van der Waals surface area contributed by atoms with Crippen LogP contribution in [0.15, 0.2) is 0 Å². The first-order valence-electron chi connectivity index (χ1n) is 4.93. The number of hydrogen-bond acceptors (Lipinski definition) is 2. The van der Waals surface area contributed by atoms with Gasteiger partial charge in [-0.2, -0.15) is 0 Å². The van der Waals surface area contributed by atoms with Gasteiger partial charge in [-0.3, -0.25) is 4.79 Å². The summed E-state index contributed by atoms with van der Waals surface area (Å²) in [5.41, 5.74) is 0. The van der Waals surface area contributed by atoms with E-state index in [2.05, 4.69) is 6.92 Å². The van der Waals surface area contributed by atoms with E-state index < -0.39 is 0 Å². The third-order valence-electron chi connectivity index (χ3n) is 3.48. The van der Waals surface area contributed by atoms with Crippen molar-refractivity contribution in [2.24, 2.45) is 17.8 Å². The fourth-order valence-corrected chi connectivity index (χ4v) is 2.67. The number of ether oxygens (including phenoxy) is 1. The van der Waals surface area contributed by atoms with E-state index in [1.54, 1.807) is 0 Å². The molecule has 2 heteroatoms. The van der Waals surface area contributed by atoms with E-state index in [-0.39, 0.29) is 5.97 Å². The largest absolute Gasteiger partial charge is 0.466 e. The lowest BCUT2D eigenvalue weighted by molar-refractivity contribution is -0.143. The molecule has 0 aromatic carbocycles. The van der Waals surface area contributed by atoms with E-state index >= 15 is 0 Å². The summed E-state index contributed by atoms with van der Waals surface area (Å²) < 4.78 is 5.05. The molecule has 1 saturated carbocycles. The Bertz CT molecular complexity index is 188. The van der Waals surface area contributed by atoms with Crippen molar-refractivity contribution in [2.75, 3.05) is 6.61 Å². The summed E-state index contributed by atoms with van der Waals surface area (Å²) in [6.45, 7) is 2.93. The lowest BCUT2D eigenvalue weighted by Crippen LogP contribution is -2.14. The molecule has 0 bridgehead atoms. The molecule has 12 heavy (non-hydrogen) atoms. The number of esters is 1. The zero-order valence-electron chi connectivity index (χ0n) is 7.58. The highest BCUT2D eigenvalue weighted by Gasteiger charge is 2.36. The molecule has 1 unspecified atom stereocenters. The second-order valence-electron chi connectivity index (χ2n) is 4.19. The lowest BCUT2D eigenvalue weighted by Gasteiger charge is -2.17. The second kappa shape index (κ2) is 3.08. The molecule has 1 aliphatic heterocycles. The van der Waals surface area contributed by atoms with Crippen LogP contribution in [0.3, 0.4) is 0 Å². The summed E-state index contributed by atoms with van der Waals surface area (Å²) in [5.74, 6) is 2.16. The molecule has 0 spiro atoms. The highest BCUT2D eigenvalue weighted by atomic mass is 16.5. The molecule has 0 aromatic rings. The third kappa shape index (κ3) is 1.35. The molecule has 2 nitrogen and oxygen atoms in total. The Labute approximate surface area is 73.3 Å². The SMILES string of the molecule is CC1CC[C@@H]2CCOC(=O)C[C@H]12. The number of hydrogen-bond donors (Lipinski definition) is 0. The maximum absolute atomic E-state index is 11.1. The van der Waals surface area contributed by atoms with Crippen LogP contribution in [0.25, 0.3) is 0 Å². The fraction of sp³-hybridized carbons (Fsp3) is 0.900. The Balaban J connectivity index is 2.08. The molecule has 68 valence electrons. The summed E-state index contributed by atoms with van der Waals surface area (Å²) in [4.78, 5) is 11.1. The Morgan fingerprint density at radius 1 is 1.33 bits per heavy atom. The van der Waals surface area contributed by atoms with Gasteiger partial charge in [-0.15, -0.1) is 0 Å². The zero-order valence-corrected chi connectivity index (χ0v) is 7.58. The van der Waals surface area contributed by atoms with Crippen LogP contribution < -0.4 is 0 Å². The molecule has 3 atom stereocenters. The molecular formula is C10H16O2. The van der Waals surface area contributed by atoms with E-state index in [1.807, 2.05) is 0 Å². The first-order chi connectivity index (χ1) is 5.77. The summed E-state index contributed by atoms with van der Waals surface area (Å²) in [7, 11) is 0. The maximum Gasteiger partial charge on any atom is 0.306 e. The first-order valence-corrected chi connectivity index (χ1v) is 4.93. The third-order valence-corrected chi connectivity index (χ3v) is 3.48. The van der Waals surface area contributed by atoms with Crippen LogP contribution in [0.2, 0.25) is 0 Å². The maximum atomic E-state index is 11.1. The van der Waals surface area contributed by atoms with Gasteiger partial charge < -0.3 is 4.74 Å². The van der Waals surface area contributed by atoms with Crippen LogP contribution >= 0.6 is 0 Å². The molecule has 1 aliphatic carbocycles. The Morgan fingerprint density at radius 3 is 3.00 bits per heavy atom. The van der Waals surface area contributed by atoms with E-state index in [4.69, 9.17) is 4.74 Å². The Morgan fingerprint density at radius 2 is 2.17 bits per heavy atom. The van der Waals surface area contributed by atoms with Gasteiger partial charge in [0, 0.05) is 6.42 Å². The molecule has 2 fully saturated rings. The standard InChI is InChI=1S/C10H16O2/c1-7-2-3-8-4-5-12-10(11)6-9(7)8/h7-9H,2-6H2,1H3/t7?,8-,9-/m1/s1. The van der Waals surface area contributed by atoms with E-state index in [0.29, 0.717) is 18.9 Å². The molecule has 2 aliphatic rings. The monoisotopic (exact) mass is 168 g/mol. The molecule has 0 radical (unpaired) electrons. The molecule has 0 aromatic heterocycles. The van der Waals surface area contributed by atoms with E-state index in [1.165, 1.54) is 12.8 Å². The first kappa shape index (κ1) is 8.09. The lowest BCUT2D eigenvalue weighted by atomic mass is 9.86. The molecule has 1 heterocycles. The van der Waals surface area contributed by atoms with Gasteiger partial charge in [0.1, 0.15) is 0 Å². The minimum atomic E-state index is 0.0243. The van der Waals surface area contributed by atoms with Crippen LogP contribution in [-0.2, 0) is 9.53 Å². The van der Waals surface area contributed by atoms with Gasteiger partial charge in [-0.1, -0.05) is 13.3 Å². The molecule has 1 saturated heterocycles. The second-order valence-corrected chi connectivity index (χ2v) is 4.19. The average Bonchev–Trinajstić information content (AvgIpc) is 2.31. The molecule has 0 N–H and O–H groups in total. The van der Waals surface area contributed by atoms with Crippen molar-refractivity contribution in [1.82, 2.24) is 0 Å². The number of cyclic esters (lactones) is 1. The average molecular weight is 168 g/mol. The minimum Gasteiger partial charge on any atom is -0.466 e. The van der Waals surface area contributed by atoms with Gasteiger partial charge in [-0.05, 0) is 30.6 Å². The van der Waals surface area contributed by atoms with Gasteiger partial charge in [0.2, 0.25) is 0 Å². The van der Waals surface area contributed by atoms with Crippen LogP contribution in [-0.4, -0.2) is 12.6 Å². The van der Waals surface area contributed by atoms with Gasteiger partial charge in [-0.25, -0.2) is 0 Å². The summed E-state index contributed by atoms with van der Waals surface area (Å²) in [5, 5.41) is 0. The van der Waals surface area contributed by atoms with Crippen molar-refractivity contribution in [3.63, 3.8) is 0 Å². The van der Waals surface area contributed by atoms with Crippen molar-refractivity contribution >= 4 is 5.97 Å². The van der Waals surface area contributed by atoms with E-state index in [0.717, 1.165) is 18.3 Å². The predicted octanol–water partition coefficient (Wildman–Crippen LogP) is 1.99. The van der Waals surface area contributed by atoms with Gasteiger partial charge >= 0.3 is 5.97 Å². The molecule has 2 rings (SSSR count). The van der Waals surface area contributed by atoms with Crippen LogP contribution in [0, 0.1) is 17.8 Å². The van der Waals surface area contributed by atoms with Gasteiger partial charge in [0.15, 0.2) is 0 Å². The van der Waals surface area contributed by atoms with Crippen molar-refractivity contribution in [3.8, 4) is 0 Å². The summed E-state index contributed by atoms with van der Waals surface area (Å²) >= 11 is 0. The van der Waals surface area contributed by atoms with E-state index in [9.17, 15) is 4.79 Å². The highest BCUT2D eigenvalue weighted by Crippen LogP contribution is 2.42. The highest BCUT2D eigenvalue weighted by molar-refractivity contribution is 5.70. The predicted molar refractivity (Wildman–Crippen MR) is 45.6 cm³/mol. The van der Waals surface area contributed by atoms with Crippen LogP contribution in [0.5, 0.6) is 0 Å². The van der Waals surface area contributed by atoms with Crippen molar-refractivity contribution in [3.05, 3.63) is 0 Å². The Hall–Kier alpha value is -0.530. The minimum absolute atomic E-state index is 0.0243. The quantitative estimate of drug-likeness (QED) is 0.517. The fourth-order valence-electron chi connectivity index (χ4n) is 2.67. The van der Waals surface area contributed by atoms with Crippen molar-refractivity contribution in [2.45, 2.75) is 32.6 Å². The zero-order chi connectivity index (χ0) is 8.55. The van der Waals surface area contributed by atoms with Crippen LogP contribution in [0.4, 0.5) is 0 Å². The Kier molecular flexibility index (Phi) is 2.07. The van der Waals surface area contributed by atoms with Crippen molar-refractivity contribution < 1.29 is 9.53 Å². The number of fused-ring (bicyclic) bond motifs is 1. The normalized spacial score (nSPS) is 41.8. The van der Waals surface area contributed by atoms with Crippen LogP contribution in [0.1, 0.15) is 32.6 Å². The summed E-state index contributed by atoms with van der Waals surface area (Å²) in [6, 6.07) is 0. The molecule has 0 amide bonds. The number of carbonyl (C=O) groups is 1. The number of rotatable bonds is 0. The van der Waals surface area contributed by atoms with Gasteiger partial charge in [0.25, 0.3) is 0 Å². The number of carbonyl (C=O) groups excluding carboxylic acids is 1. The van der Waals surface area contributed by atoms with Crippen molar-refractivity contribution in [1.29, 1.82) is 0 Å². The topological polar surface area (TPSA) is 26.3 Å². The van der Waals surface area contributed by atoms with Gasteiger partial charge in [0.05, 0.1) is 6.61 Å².